The van der Waals surface area contributed by atoms with Gasteiger partial charge in [-0.1, -0.05) is 0 Å². The maximum atomic E-state index is 13.4. The van der Waals surface area contributed by atoms with Crippen molar-refractivity contribution in [2.75, 3.05) is 26.4 Å². The molecule has 2 aromatic heterocycles. The molecule has 0 saturated carbocycles. The molecule has 2 aromatic rings. The second-order valence-corrected chi connectivity index (χ2v) is 6.17. The summed E-state index contributed by atoms with van der Waals surface area (Å²) in [5, 5.41) is 2.83. The summed E-state index contributed by atoms with van der Waals surface area (Å²) in [4.78, 5) is 20.7. The van der Waals surface area contributed by atoms with Gasteiger partial charge in [0.05, 0.1) is 12.4 Å². The number of amides is 1. The molecule has 128 valence electrons. The van der Waals surface area contributed by atoms with E-state index in [0.717, 1.165) is 11.5 Å². The van der Waals surface area contributed by atoms with Gasteiger partial charge in [-0.05, 0) is 31.9 Å². The van der Waals surface area contributed by atoms with Crippen LogP contribution in [-0.4, -0.2) is 46.9 Å². The van der Waals surface area contributed by atoms with E-state index in [1.165, 1.54) is 0 Å². The van der Waals surface area contributed by atoms with Crippen LogP contribution in [0.3, 0.4) is 0 Å². The Morgan fingerprint density at radius 1 is 1.38 bits per heavy atom. The number of nitrogens with zero attached hydrogens (tertiary/aromatic N) is 3. The summed E-state index contributed by atoms with van der Waals surface area (Å²) in [5.74, 6) is 0.528. The normalized spacial score (nSPS) is 16.8. The van der Waals surface area contributed by atoms with E-state index >= 15 is 0 Å². The quantitative estimate of drug-likeness (QED) is 0.910. The van der Waals surface area contributed by atoms with E-state index in [9.17, 15) is 9.18 Å². The number of carbonyl (C=O) groups is 1. The topological polar surface area (TPSA) is 69.0 Å². The fraction of sp³-hybridized carbons (Fsp3) is 0.471. The molecule has 24 heavy (non-hydrogen) atoms. The fourth-order valence-corrected chi connectivity index (χ4v) is 2.86. The summed E-state index contributed by atoms with van der Waals surface area (Å²) in [5.41, 5.74) is 0.602. The third-order valence-electron chi connectivity index (χ3n) is 4.54. The number of rotatable bonds is 5. The van der Waals surface area contributed by atoms with Crippen LogP contribution in [0, 0.1) is 12.3 Å². The number of halogens is 1. The van der Waals surface area contributed by atoms with Gasteiger partial charge in [0.15, 0.2) is 0 Å². The van der Waals surface area contributed by atoms with Gasteiger partial charge >= 0.3 is 0 Å². The zero-order chi connectivity index (χ0) is 17.0. The highest BCUT2D eigenvalue weighted by Crippen LogP contribution is 2.30. The number of alkyl halides is 1. The number of ether oxygens (including phenoxy) is 1. The van der Waals surface area contributed by atoms with Crippen molar-refractivity contribution in [2.24, 2.45) is 5.41 Å². The van der Waals surface area contributed by atoms with Crippen molar-refractivity contribution in [1.82, 2.24) is 19.9 Å². The predicted octanol–water partition coefficient (Wildman–Crippen LogP) is 2.07. The van der Waals surface area contributed by atoms with Gasteiger partial charge in [0, 0.05) is 43.8 Å². The molecule has 3 rings (SSSR count). The highest BCUT2D eigenvalue weighted by atomic mass is 19.1. The molecule has 0 spiro atoms. The third kappa shape index (κ3) is 3.46. The molecule has 1 aliphatic heterocycles. The maximum absolute atomic E-state index is 13.4. The maximum Gasteiger partial charge on any atom is 0.269 e. The molecule has 3 heterocycles. The summed E-state index contributed by atoms with van der Waals surface area (Å²) in [6.07, 6.45) is 6.35. The van der Waals surface area contributed by atoms with Crippen molar-refractivity contribution in [3.63, 3.8) is 0 Å². The van der Waals surface area contributed by atoms with Crippen molar-refractivity contribution in [1.29, 1.82) is 0 Å². The Morgan fingerprint density at radius 3 is 2.83 bits per heavy atom. The van der Waals surface area contributed by atoms with Gasteiger partial charge in [-0.25, -0.2) is 4.98 Å². The average Bonchev–Trinajstić information content (AvgIpc) is 3.06. The van der Waals surface area contributed by atoms with Crippen LogP contribution in [0.4, 0.5) is 4.39 Å². The van der Waals surface area contributed by atoms with Gasteiger partial charge < -0.3 is 14.6 Å². The number of aryl methyl sites for hydroxylation is 1. The van der Waals surface area contributed by atoms with Crippen LogP contribution >= 0.6 is 0 Å². The van der Waals surface area contributed by atoms with E-state index in [0.29, 0.717) is 38.3 Å². The van der Waals surface area contributed by atoms with E-state index in [1.54, 1.807) is 18.5 Å². The van der Waals surface area contributed by atoms with E-state index in [1.807, 2.05) is 23.8 Å². The van der Waals surface area contributed by atoms with Crippen LogP contribution in [0.2, 0.25) is 0 Å². The van der Waals surface area contributed by atoms with Crippen molar-refractivity contribution in [3.8, 4) is 5.69 Å². The fourth-order valence-electron chi connectivity index (χ4n) is 2.86. The van der Waals surface area contributed by atoms with Gasteiger partial charge in [-0.3, -0.25) is 14.2 Å². The highest BCUT2D eigenvalue weighted by molar-refractivity contribution is 5.92. The van der Waals surface area contributed by atoms with E-state index in [2.05, 4.69) is 15.3 Å². The summed E-state index contributed by atoms with van der Waals surface area (Å²) >= 11 is 0. The second kappa shape index (κ2) is 7.09. The SMILES string of the molecule is Cc1nccn1-c1ccnc(C(=O)NCC2(CF)CCOCC2)c1. The Balaban J connectivity index is 1.70. The molecule has 1 saturated heterocycles. The minimum absolute atomic E-state index is 0.293. The molecule has 0 aromatic carbocycles. The van der Waals surface area contributed by atoms with Crippen molar-refractivity contribution >= 4 is 5.91 Å². The van der Waals surface area contributed by atoms with Gasteiger partial charge in [0.2, 0.25) is 0 Å². The van der Waals surface area contributed by atoms with Crippen molar-refractivity contribution < 1.29 is 13.9 Å². The standard InChI is InChI=1S/C17H21FN4O2/c1-13-19-6-7-22(13)14-2-5-20-15(10-14)16(23)21-12-17(11-18)3-8-24-9-4-17/h2,5-7,10H,3-4,8-9,11-12H2,1H3,(H,21,23). The smallest absolute Gasteiger partial charge is 0.269 e. The first-order valence-electron chi connectivity index (χ1n) is 8.02. The first-order chi connectivity index (χ1) is 11.6. The largest absolute Gasteiger partial charge is 0.381 e. The average molecular weight is 332 g/mol. The Kier molecular flexibility index (Phi) is 4.89. The summed E-state index contributed by atoms with van der Waals surface area (Å²) in [6.45, 7) is 2.79. The summed E-state index contributed by atoms with van der Waals surface area (Å²) in [7, 11) is 0. The zero-order valence-electron chi connectivity index (χ0n) is 13.7. The van der Waals surface area contributed by atoms with E-state index < -0.39 is 12.1 Å². The molecule has 0 unspecified atom stereocenters. The monoisotopic (exact) mass is 332 g/mol. The van der Waals surface area contributed by atoms with Gasteiger partial charge in [-0.15, -0.1) is 0 Å². The van der Waals surface area contributed by atoms with Crippen LogP contribution < -0.4 is 5.32 Å². The molecule has 1 amide bonds. The molecule has 7 heteroatoms. The van der Waals surface area contributed by atoms with Crippen LogP contribution in [-0.2, 0) is 4.74 Å². The zero-order valence-corrected chi connectivity index (χ0v) is 13.7. The number of imidazole rings is 1. The Labute approximate surface area is 140 Å². The number of hydrogen-bond donors (Lipinski definition) is 1. The molecule has 1 fully saturated rings. The summed E-state index contributed by atoms with van der Waals surface area (Å²) < 4.78 is 20.6. The second-order valence-electron chi connectivity index (χ2n) is 6.17. The van der Waals surface area contributed by atoms with Crippen molar-refractivity contribution in [2.45, 2.75) is 19.8 Å². The third-order valence-corrected chi connectivity index (χ3v) is 4.54. The minimum Gasteiger partial charge on any atom is -0.381 e. The molecule has 6 nitrogen and oxygen atoms in total. The van der Waals surface area contributed by atoms with Gasteiger partial charge in [0.1, 0.15) is 11.5 Å². The predicted molar refractivity (Wildman–Crippen MR) is 86.9 cm³/mol. The lowest BCUT2D eigenvalue weighted by Crippen LogP contribution is -2.43. The molecule has 0 atom stereocenters. The number of hydrogen-bond acceptors (Lipinski definition) is 4. The Morgan fingerprint density at radius 2 is 2.17 bits per heavy atom. The number of nitrogens with one attached hydrogen (secondary N) is 1. The first kappa shape index (κ1) is 16.6. The molecular formula is C17H21FN4O2. The lowest BCUT2D eigenvalue weighted by molar-refractivity contribution is 0.00259. The van der Waals surface area contributed by atoms with Gasteiger partial charge in [0.25, 0.3) is 5.91 Å². The molecule has 0 radical (unpaired) electrons. The molecule has 1 aliphatic rings. The minimum atomic E-state index is -0.521. The highest BCUT2D eigenvalue weighted by Gasteiger charge is 2.33. The molecule has 0 bridgehead atoms. The first-order valence-corrected chi connectivity index (χ1v) is 8.02. The Hall–Kier alpha value is -2.28. The van der Waals surface area contributed by atoms with Crippen LogP contribution in [0.1, 0.15) is 29.2 Å². The number of pyridine rings is 1. The van der Waals surface area contributed by atoms with Gasteiger partial charge in [-0.2, -0.15) is 0 Å². The van der Waals surface area contributed by atoms with E-state index in [-0.39, 0.29) is 5.91 Å². The van der Waals surface area contributed by atoms with Crippen LogP contribution in [0.15, 0.2) is 30.7 Å². The van der Waals surface area contributed by atoms with E-state index in [4.69, 9.17) is 4.74 Å². The lowest BCUT2D eigenvalue weighted by Gasteiger charge is -2.34. The van der Waals surface area contributed by atoms with Crippen LogP contribution in [0.5, 0.6) is 0 Å². The Bertz CT molecular complexity index is 710. The summed E-state index contributed by atoms with van der Waals surface area (Å²) in [6, 6.07) is 3.52. The molecule has 1 N–H and O–H groups in total. The van der Waals surface area contributed by atoms with Crippen molar-refractivity contribution in [3.05, 3.63) is 42.2 Å². The number of carbonyl (C=O) groups excluding carboxylic acids is 1. The molecule has 0 aliphatic carbocycles. The van der Waals surface area contributed by atoms with Crippen LogP contribution in [0.25, 0.3) is 5.69 Å². The lowest BCUT2D eigenvalue weighted by atomic mass is 9.81. The molecular weight excluding hydrogens is 311 g/mol. The number of aromatic nitrogens is 3.